The molecule has 4 nitrogen and oxygen atoms in total. The Kier molecular flexibility index (Phi) is 4.37. The molecule has 0 fully saturated rings. The van der Waals surface area contributed by atoms with E-state index in [-0.39, 0.29) is 0 Å². The summed E-state index contributed by atoms with van der Waals surface area (Å²) in [5.41, 5.74) is 13.2. The molecule has 1 aromatic carbocycles. The van der Waals surface area contributed by atoms with Gasteiger partial charge in [0.15, 0.2) is 0 Å². The normalized spacial score (nSPS) is 12.2. The molecule has 4 N–H and O–H groups in total. The minimum Gasteiger partial charge on any atom is -0.397 e. The third kappa shape index (κ3) is 3.37. The molecule has 1 rings (SSSR count). The fourth-order valence-electron chi connectivity index (χ4n) is 1.72. The van der Waals surface area contributed by atoms with E-state index in [0.717, 1.165) is 18.7 Å². The van der Waals surface area contributed by atoms with Crippen molar-refractivity contribution >= 4 is 17.3 Å². The van der Waals surface area contributed by atoms with E-state index in [2.05, 4.69) is 18.7 Å². The molecule has 0 saturated carbocycles. The third-order valence-electron chi connectivity index (χ3n) is 3.01. The minimum absolute atomic E-state index is 0.428. The summed E-state index contributed by atoms with van der Waals surface area (Å²) in [6, 6.07) is 5.13. The maximum absolute atomic E-state index is 11.1. The summed E-state index contributed by atoms with van der Waals surface area (Å²) in [6.45, 7) is 5.25. The van der Waals surface area contributed by atoms with E-state index in [0.29, 0.717) is 17.2 Å². The quantitative estimate of drug-likeness (QED) is 0.765. The first-order valence-corrected chi connectivity index (χ1v) is 5.86. The first kappa shape index (κ1) is 13.4. The van der Waals surface area contributed by atoms with Gasteiger partial charge in [0.25, 0.3) is 0 Å². The number of nitrogen functional groups attached to an aromatic ring is 1. The van der Waals surface area contributed by atoms with Crippen LogP contribution in [0.3, 0.4) is 0 Å². The zero-order chi connectivity index (χ0) is 13.0. The maximum Gasteiger partial charge on any atom is 0.248 e. The van der Waals surface area contributed by atoms with Gasteiger partial charge in [-0.05, 0) is 24.1 Å². The number of rotatable bonds is 5. The predicted octanol–water partition coefficient (Wildman–Crippen LogP) is 1.85. The number of nitrogens with zero attached hydrogens (tertiary/aromatic N) is 1. The lowest BCUT2D eigenvalue weighted by atomic mass is 10.1. The fraction of sp³-hybridized carbons (Fsp3) is 0.462. The molecule has 94 valence electrons. The molecule has 17 heavy (non-hydrogen) atoms. The van der Waals surface area contributed by atoms with Gasteiger partial charge >= 0.3 is 0 Å². The molecule has 0 saturated heterocycles. The summed E-state index contributed by atoms with van der Waals surface area (Å²) >= 11 is 0. The van der Waals surface area contributed by atoms with Crippen molar-refractivity contribution in [3.8, 4) is 0 Å². The van der Waals surface area contributed by atoms with Crippen LogP contribution in [-0.4, -0.2) is 19.5 Å². The van der Waals surface area contributed by atoms with Gasteiger partial charge < -0.3 is 16.4 Å². The third-order valence-corrected chi connectivity index (χ3v) is 3.01. The van der Waals surface area contributed by atoms with Gasteiger partial charge in [-0.25, -0.2) is 0 Å². The van der Waals surface area contributed by atoms with Crippen molar-refractivity contribution in [3.05, 3.63) is 23.8 Å². The highest BCUT2D eigenvalue weighted by molar-refractivity contribution is 5.95. The molecule has 0 spiro atoms. The number of amides is 1. The van der Waals surface area contributed by atoms with Crippen molar-refractivity contribution in [1.82, 2.24) is 0 Å². The van der Waals surface area contributed by atoms with E-state index in [1.54, 1.807) is 18.2 Å². The molecular weight excluding hydrogens is 214 g/mol. The van der Waals surface area contributed by atoms with Crippen LogP contribution in [0.4, 0.5) is 11.4 Å². The number of anilines is 2. The Morgan fingerprint density at radius 2 is 2.12 bits per heavy atom. The van der Waals surface area contributed by atoms with E-state index in [1.807, 2.05) is 7.05 Å². The molecule has 0 aliphatic heterocycles. The van der Waals surface area contributed by atoms with Gasteiger partial charge in [-0.15, -0.1) is 0 Å². The number of carbonyl (C=O) groups excluding carboxylic acids is 1. The molecule has 4 heteroatoms. The second-order valence-electron chi connectivity index (χ2n) is 4.53. The number of benzene rings is 1. The van der Waals surface area contributed by atoms with Crippen LogP contribution in [0.5, 0.6) is 0 Å². The Morgan fingerprint density at radius 1 is 1.47 bits per heavy atom. The Hall–Kier alpha value is -1.71. The van der Waals surface area contributed by atoms with Gasteiger partial charge in [-0.3, -0.25) is 4.79 Å². The number of nitrogens with two attached hydrogens (primary N) is 2. The van der Waals surface area contributed by atoms with Crippen LogP contribution in [0.25, 0.3) is 0 Å². The molecule has 1 aromatic rings. The monoisotopic (exact) mass is 235 g/mol. The van der Waals surface area contributed by atoms with Gasteiger partial charge in [-0.2, -0.15) is 0 Å². The molecular formula is C13H21N3O. The molecule has 0 aliphatic rings. The molecule has 0 radical (unpaired) electrons. The zero-order valence-electron chi connectivity index (χ0n) is 10.7. The van der Waals surface area contributed by atoms with Crippen LogP contribution in [0.1, 0.15) is 30.6 Å². The highest BCUT2D eigenvalue weighted by Crippen LogP contribution is 2.24. The molecule has 0 heterocycles. The summed E-state index contributed by atoms with van der Waals surface area (Å²) < 4.78 is 0. The summed E-state index contributed by atoms with van der Waals surface area (Å²) in [4.78, 5) is 13.2. The topological polar surface area (TPSA) is 72.3 Å². The van der Waals surface area contributed by atoms with Crippen LogP contribution < -0.4 is 16.4 Å². The van der Waals surface area contributed by atoms with Crippen LogP contribution in [0.15, 0.2) is 18.2 Å². The lowest BCUT2D eigenvalue weighted by Gasteiger charge is -2.24. The first-order chi connectivity index (χ1) is 7.95. The van der Waals surface area contributed by atoms with Crippen LogP contribution in [-0.2, 0) is 0 Å². The molecule has 0 aromatic heterocycles. The van der Waals surface area contributed by atoms with Crippen molar-refractivity contribution in [2.75, 3.05) is 24.2 Å². The van der Waals surface area contributed by atoms with Crippen molar-refractivity contribution < 1.29 is 4.79 Å². The largest absolute Gasteiger partial charge is 0.397 e. The highest BCUT2D eigenvalue weighted by atomic mass is 16.1. The number of carbonyl (C=O) groups is 1. The van der Waals surface area contributed by atoms with Gasteiger partial charge in [0.05, 0.1) is 11.4 Å². The summed E-state index contributed by atoms with van der Waals surface area (Å²) in [6.07, 6.45) is 1.11. The minimum atomic E-state index is -0.428. The van der Waals surface area contributed by atoms with Crippen LogP contribution in [0, 0.1) is 5.92 Å². The number of primary amides is 1. The van der Waals surface area contributed by atoms with Crippen molar-refractivity contribution in [3.63, 3.8) is 0 Å². The summed E-state index contributed by atoms with van der Waals surface area (Å²) in [5, 5.41) is 0. The van der Waals surface area contributed by atoms with Gasteiger partial charge in [0.2, 0.25) is 5.91 Å². The number of hydrogen-bond acceptors (Lipinski definition) is 3. The number of hydrogen-bond donors (Lipinski definition) is 2. The van der Waals surface area contributed by atoms with E-state index >= 15 is 0 Å². The molecule has 1 atom stereocenters. The standard InChI is InChI=1S/C13H21N3O/c1-4-9(2)8-16(3)12-7-10(13(15)17)5-6-11(12)14/h5-7,9H,4,8,14H2,1-3H3,(H2,15,17). The van der Waals surface area contributed by atoms with E-state index in [4.69, 9.17) is 11.5 Å². The average Bonchev–Trinajstić information content (AvgIpc) is 2.28. The van der Waals surface area contributed by atoms with Gasteiger partial charge in [0, 0.05) is 19.2 Å². The van der Waals surface area contributed by atoms with Gasteiger partial charge in [0.1, 0.15) is 0 Å². The fourth-order valence-corrected chi connectivity index (χ4v) is 1.72. The van der Waals surface area contributed by atoms with Crippen molar-refractivity contribution in [1.29, 1.82) is 0 Å². The summed E-state index contributed by atoms with van der Waals surface area (Å²) in [7, 11) is 1.97. The molecule has 1 unspecified atom stereocenters. The highest BCUT2D eigenvalue weighted by Gasteiger charge is 2.11. The zero-order valence-corrected chi connectivity index (χ0v) is 10.7. The SMILES string of the molecule is CCC(C)CN(C)c1cc(C(N)=O)ccc1N. The Labute approximate surface area is 103 Å². The summed E-state index contributed by atoms with van der Waals surface area (Å²) in [5.74, 6) is 0.153. The lowest BCUT2D eigenvalue weighted by Crippen LogP contribution is -2.25. The second kappa shape index (κ2) is 5.57. The lowest BCUT2D eigenvalue weighted by molar-refractivity contribution is 0.100. The average molecular weight is 235 g/mol. The maximum atomic E-state index is 11.1. The Bertz CT molecular complexity index is 404. The molecule has 1 amide bonds. The first-order valence-electron chi connectivity index (χ1n) is 5.86. The van der Waals surface area contributed by atoms with Crippen molar-refractivity contribution in [2.24, 2.45) is 11.7 Å². The molecule has 0 bridgehead atoms. The molecule has 0 aliphatic carbocycles. The second-order valence-corrected chi connectivity index (χ2v) is 4.53. The van der Waals surface area contributed by atoms with Crippen molar-refractivity contribution in [2.45, 2.75) is 20.3 Å². The predicted molar refractivity (Wildman–Crippen MR) is 72.1 cm³/mol. The van der Waals surface area contributed by atoms with E-state index < -0.39 is 5.91 Å². The van der Waals surface area contributed by atoms with Crippen LogP contribution in [0.2, 0.25) is 0 Å². The van der Waals surface area contributed by atoms with E-state index in [1.165, 1.54) is 0 Å². The van der Waals surface area contributed by atoms with Gasteiger partial charge in [-0.1, -0.05) is 20.3 Å². The Balaban J connectivity index is 2.95. The smallest absolute Gasteiger partial charge is 0.248 e. The van der Waals surface area contributed by atoms with E-state index in [9.17, 15) is 4.79 Å². The van der Waals surface area contributed by atoms with Crippen LogP contribution >= 0.6 is 0 Å². The Morgan fingerprint density at radius 3 is 2.65 bits per heavy atom.